The number of hydrogen-bond acceptors (Lipinski definition) is 8. The lowest BCUT2D eigenvalue weighted by Crippen LogP contribution is -2.07. The third kappa shape index (κ3) is 3.11. The molecule has 110 valence electrons. The number of carbonyl (C=O) groups excluding carboxylic acids is 1. The van der Waals surface area contributed by atoms with Gasteiger partial charge in [-0.25, -0.2) is 0 Å². The molecule has 2 aromatic rings. The van der Waals surface area contributed by atoms with Crippen molar-refractivity contribution in [1.82, 2.24) is 10.2 Å². The maximum Gasteiger partial charge on any atom is 0.231 e. The molecule has 3 rings (SSSR count). The molecule has 8 heteroatoms. The monoisotopic (exact) mass is 323 g/mol. The first-order valence-electron chi connectivity index (χ1n) is 6.20. The second-order valence-electron chi connectivity index (χ2n) is 4.52. The van der Waals surface area contributed by atoms with Crippen LogP contribution in [0.25, 0.3) is 0 Å². The van der Waals surface area contributed by atoms with E-state index in [1.165, 1.54) is 23.1 Å². The van der Waals surface area contributed by atoms with E-state index < -0.39 is 0 Å². The van der Waals surface area contributed by atoms with Gasteiger partial charge in [0.25, 0.3) is 0 Å². The standard InChI is InChI=1S/C13H13N3O3S2/c1-16(2)12-14-15-13(21-12)20-6-9(17)8-3-4-10-11(5-8)19-7-18-10/h3-5H,6-7H2,1-2H3. The number of thioether (sulfide) groups is 1. The Labute approximate surface area is 130 Å². The Kier molecular flexibility index (Phi) is 3.98. The van der Waals surface area contributed by atoms with Crippen LogP contribution in [-0.4, -0.2) is 42.6 Å². The van der Waals surface area contributed by atoms with Crippen molar-refractivity contribution in [2.75, 3.05) is 31.5 Å². The highest BCUT2D eigenvalue weighted by atomic mass is 32.2. The summed E-state index contributed by atoms with van der Waals surface area (Å²) in [5.74, 6) is 1.65. The van der Waals surface area contributed by atoms with Crippen molar-refractivity contribution in [3.63, 3.8) is 0 Å². The fraction of sp³-hybridized carbons (Fsp3) is 0.308. The first-order chi connectivity index (χ1) is 10.1. The van der Waals surface area contributed by atoms with Gasteiger partial charge in [-0.3, -0.25) is 4.79 Å². The van der Waals surface area contributed by atoms with E-state index in [1.54, 1.807) is 18.2 Å². The molecule has 1 aliphatic rings. The third-order valence-electron chi connectivity index (χ3n) is 2.80. The van der Waals surface area contributed by atoms with Crippen molar-refractivity contribution >= 4 is 34.0 Å². The number of anilines is 1. The molecule has 6 nitrogen and oxygen atoms in total. The van der Waals surface area contributed by atoms with Crippen LogP contribution in [0, 0.1) is 0 Å². The molecule has 0 amide bonds. The molecule has 0 fully saturated rings. The van der Waals surface area contributed by atoms with E-state index in [9.17, 15) is 4.79 Å². The van der Waals surface area contributed by atoms with Crippen LogP contribution in [0.1, 0.15) is 10.4 Å². The number of aromatic nitrogens is 2. The molecule has 21 heavy (non-hydrogen) atoms. The molecule has 0 atom stereocenters. The lowest BCUT2D eigenvalue weighted by Gasteiger charge is -2.03. The van der Waals surface area contributed by atoms with Crippen LogP contribution in [0.3, 0.4) is 0 Å². The van der Waals surface area contributed by atoms with Crippen LogP contribution in [0.15, 0.2) is 22.5 Å². The number of ketones is 1. The van der Waals surface area contributed by atoms with Crippen LogP contribution in [0.2, 0.25) is 0 Å². The highest BCUT2D eigenvalue weighted by molar-refractivity contribution is 8.01. The summed E-state index contributed by atoms with van der Waals surface area (Å²) >= 11 is 2.86. The molecule has 0 bridgehead atoms. The van der Waals surface area contributed by atoms with Gasteiger partial charge in [-0.05, 0) is 18.2 Å². The summed E-state index contributed by atoms with van der Waals surface area (Å²) in [6, 6.07) is 5.23. The van der Waals surface area contributed by atoms with E-state index in [-0.39, 0.29) is 12.6 Å². The molecule has 0 spiro atoms. The summed E-state index contributed by atoms with van der Waals surface area (Å²) in [6.07, 6.45) is 0. The number of ether oxygens (including phenoxy) is 2. The van der Waals surface area contributed by atoms with Crippen molar-refractivity contribution in [2.45, 2.75) is 4.34 Å². The number of carbonyl (C=O) groups is 1. The topological polar surface area (TPSA) is 64.6 Å². The van der Waals surface area contributed by atoms with Crippen LogP contribution >= 0.6 is 23.1 Å². The lowest BCUT2D eigenvalue weighted by molar-refractivity contribution is 0.102. The van der Waals surface area contributed by atoms with Gasteiger partial charge >= 0.3 is 0 Å². The van der Waals surface area contributed by atoms with Gasteiger partial charge in [0, 0.05) is 19.7 Å². The van der Waals surface area contributed by atoms with E-state index in [1.807, 2.05) is 19.0 Å². The number of fused-ring (bicyclic) bond motifs is 1. The van der Waals surface area contributed by atoms with Crippen molar-refractivity contribution in [1.29, 1.82) is 0 Å². The Morgan fingerprint density at radius 2 is 2.14 bits per heavy atom. The Morgan fingerprint density at radius 3 is 2.90 bits per heavy atom. The normalized spacial score (nSPS) is 12.5. The van der Waals surface area contributed by atoms with Crippen LogP contribution < -0.4 is 14.4 Å². The van der Waals surface area contributed by atoms with Crippen molar-refractivity contribution in [2.24, 2.45) is 0 Å². The zero-order valence-electron chi connectivity index (χ0n) is 11.5. The summed E-state index contributed by atoms with van der Waals surface area (Å²) in [6.45, 7) is 0.208. The van der Waals surface area contributed by atoms with Crippen LogP contribution in [-0.2, 0) is 0 Å². The molecule has 0 saturated carbocycles. The maximum absolute atomic E-state index is 12.2. The van der Waals surface area contributed by atoms with E-state index >= 15 is 0 Å². The number of rotatable bonds is 5. The lowest BCUT2D eigenvalue weighted by atomic mass is 10.1. The largest absolute Gasteiger partial charge is 0.454 e. The van der Waals surface area contributed by atoms with Crippen molar-refractivity contribution in [3.8, 4) is 11.5 Å². The number of benzene rings is 1. The summed E-state index contributed by atoms with van der Waals surface area (Å²) < 4.78 is 11.3. The van der Waals surface area contributed by atoms with Gasteiger partial charge in [0.2, 0.25) is 11.9 Å². The molecule has 2 heterocycles. The highest BCUT2D eigenvalue weighted by Gasteiger charge is 2.17. The molecular weight excluding hydrogens is 310 g/mol. The minimum atomic E-state index is 0.0277. The van der Waals surface area contributed by atoms with Crippen molar-refractivity contribution < 1.29 is 14.3 Å². The van der Waals surface area contributed by atoms with Crippen molar-refractivity contribution in [3.05, 3.63) is 23.8 Å². The summed E-state index contributed by atoms with van der Waals surface area (Å²) in [4.78, 5) is 14.1. The molecule has 0 N–H and O–H groups in total. The van der Waals surface area contributed by atoms with Gasteiger partial charge in [0.05, 0.1) is 5.75 Å². The van der Waals surface area contributed by atoms with E-state index in [0.717, 1.165) is 9.47 Å². The van der Waals surface area contributed by atoms with Crippen LogP contribution in [0.5, 0.6) is 11.5 Å². The van der Waals surface area contributed by atoms with Gasteiger partial charge in [-0.15, -0.1) is 10.2 Å². The van der Waals surface area contributed by atoms with Gasteiger partial charge in [-0.2, -0.15) is 0 Å². The van der Waals surface area contributed by atoms with E-state index in [0.29, 0.717) is 22.8 Å². The molecule has 0 aliphatic carbocycles. The molecule has 0 saturated heterocycles. The Bertz CT molecular complexity index is 672. The Balaban J connectivity index is 1.63. The third-order valence-corrected chi connectivity index (χ3v) is 5.02. The van der Waals surface area contributed by atoms with Crippen LogP contribution in [0.4, 0.5) is 5.13 Å². The summed E-state index contributed by atoms with van der Waals surface area (Å²) in [7, 11) is 3.82. The second-order valence-corrected chi connectivity index (χ2v) is 6.70. The zero-order chi connectivity index (χ0) is 14.8. The molecule has 1 aromatic carbocycles. The zero-order valence-corrected chi connectivity index (χ0v) is 13.2. The quantitative estimate of drug-likeness (QED) is 0.618. The number of Topliss-reactive ketones (excluding diaryl/α,β-unsaturated/α-hetero) is 1. The fourth-order valence-corrected chi connectivity index (χ4v) is 3.38. The first-order valence-corrected chi connectivity index (χ1v) is 8.00. The summed E-state index contributed by atoms with van der Waals surface area (Å²) in [5, 5.41) is 8.92. The van der Waals surface area contributed by atoms with Gasteiger partial charge in [0.15, 0.2) is 21.6 Å². The highest BCUT2D eigenvalue weighted by Crippen LogP contribution is 2.33. The SMILES string of the molecule is CN(C)c1nnc(SCC(=O)c2ccc3c(c2)OCO3)s1. The Morgan fingerprint density at radius 1 is 1.33 bits per heavy atom. The fourth-order valence-electron chi connectivity index (χ4n) is 1.72. The average molecular weight is 323 g/mol. The van der Waals surface area contributed by atoms with Gasteiger partial charge in [-0.1, -0.05) is 23.1 Å². The molecule has 1 aliphatic heterocycles. The minimum Gasteiger partial charge on any atom is -0.454 e. The number of nitrogens with zero attached hydrogens (tertiary/aromatic N) is 3. The summed E-state index contributed by atoms with van der Waals surface area (Å²) in [5.41, 5.74) is 0.615. The minimum absolute atomic E-state index is 0.0277. The molecule has 1 aromatic heterocycles. The molecular formula is C13H13N3O3S2. The van der Waals surface area contributed by atoms with E-state index in [4.69, 9.17) is 9.47 Å². The maximum atomic E-state index is 12.2. The van der Waals surface area contributed by atoms with Gasteiger partial charge < -0.3 is 14.4 Å². The average Bonchev–Trinajstić information content (AvgIpc) is 3.12. The smallest absolute Gasteiger partial charge is 0.231 e. The first kappa shape index (κ1) is 14.2. The second kappa shape index (κ2) is 5.90. The predicted octanol–water partition coefficient (Wildman–Crippen LogP) is 2.31. The molecule has 0 radical (unpaired) electrons. The number of hydrogen-bond donors (Lipinski definition) is 0. The van der Waals surface area contributed by atoms with E-state index in [2.05, 4.69) is 10.2 Å². The van der Waals surface area contributed by atoms with Gasteiger partial charge in [0.1, 0.15) is 0 Å². The Hall–Kier alpha value is -1.80. The molecule has 0 unspecified atom stereocenters. The predicted molar refractivity (Wildman–Crippen MR) is 81.9 cm³/mol.